The Morgan fingerprint density at radius 1 is 1.11 bits per heavy atom. The van der Waals surface area contributed by atoms with Crippen LogP contribution in [0, 0.1) is 17.2 Å². The van der Waals surface area contributed by atoms with E-state index >= 15 is 0 Å². The lowest BCUT2D eigenvalue weighted by Gasteiger charge is -2.52. The van der Waals surface area contributed by atoms with E-state index in [2.05, 4.69) is 0 Å². The third kappa shape index (κ3) is 5.34. The second kappa shape index (κ2) is 10.2. The van der Waals surface area contributed by atoms with Crippen LogP contribution in [0.5, 0.6) is 0 Å². The smallest absolute Gasteiger partial charge is 0.389 e. The summed E-state index contributed by atoms with van der Waals surface area (Å²) < 4.78 is 54.1. The van der Waals surface area contributed by atoms with Crippen molar-refractivity contribution in [1.29, 1.82) is 0 Å². The number of nitrogens with zero attached hydrogens (tertiary/aromatic N) is 2. The summed E-state index contributed by atoms with van der Waals surface area (Å²) in [5, 5.41) is 21.7. The number of pyridine rings is 1. The van der Waals surface area contributed by atoms with E-state index in [4.69, 9.17) is 0 Å². The van der Waals surface area contributed by atoms with Crippen LogP contribution in [0.4, 0.5) is 17.6 Å². The molecule has 1 aromatic carbocycles. The van der Waals surface area contributed by atoms with Crippen molar-refractivity contribution >= 4 is 11.9 Å². The van der Waals surface area contributed by atoms with E-state index in [1.54, 1.807) is 0 Å². The van der Waals surface area contributed by atoms with Gasteiger partial charge in [0.1, 0.15) is 5.82 Å². The molecule has 2 aromatic rings. The lowest BCUT2D eigenvalue weighted by Crippen LogP contribution is -2.62. The van der Waals surface area contributed by atoms with E-state index in [0.29, 0.717) is 12.8 Å². The van der Waals surface area contributed by atoms with Crippen molar-refractivity contribution in [2.75, 3.05) is 13.1 Å². The number of carboxylic acids is 1. The number of aromatic carboxylic acids is 1. The van der Waals surface area contributed by atoms with Crippen molar-refractivity contribution < 1.29 is 37.4 Å². The van der Waals surface area contributed by atoms with Crippen molar-refractivity contribution in [2.45, 2.75) is 63.8 Å². The molecule has 4 rings (SSSR count). The number of rotatable bonds is 6. The van der Waals surface area contributed by atoms with Gasteiger partial charge < -0.3 is 19.7 Å². The largest absolute Gasteiger partial charge is 0.478 e. The fourth-order valence-electron chi connectivity index (χ4n) is 6.08. The Labute approximate surface area is 216 Å². The van der Waals surface area contributed by atoms with Gasteiger partial charge in [0.25, 0.3) is 5.56 Å². The summed E-state index contributed by atoms with van der Waals surface area (Å²) >= 11 is 0. The van der Waals surface area contributed by atoms with Crippen molar-refractivity contribution in [2.24, 2.45) is 11.3 Å². The SMILES string of the molecule is C[C@H](CC(F)(F)F)C(=O)N1CC[C@@](O)(Cn2cc(C(=O)O)c(-c3ccccc3F)cc2=O)C2(CCCC2)C1. The summed E-state index contributed by atoms with van der Waals surface area (Å²) in [6, 6.07) is 6.52. The molecule has 11 heteroatoms. The maximum atomic E-state index is 14.4. The van der Waals surface area contributed by atoms with Crippen LogP contribution >= 0.6 is 0 Å². The first-order valence-electron chi connectivity index (χ1n) is 12.6. The minimum Gasteiger partial charge on any atom is -0.478 e. The molecule has 1 amide bonds. The van der Waals surface area contributed by atoms with Gasteiger partial charge in [-0.1, -0.05) is 38.0 Å². The van der Waals surface area contributed by atoms with Crippen LogP contribution in [0.25, 0.3) is 11.1 Å². The zero-order valence-corrected chi connectivity index (χ0v) is 20.9. The summed E-state index contributed by atoms with van der Waals surface area (Å²) in [6.45, 7) is 1.04. The molecule has 1 aliphatic carbocycles. The molecule has 0 bridgehead atoms. The van der Waals surface area contributed by atoms with E-state index < -0.39 is 52.8 Å². The van der Waals surface area contributed by atoms with Crippen LogP contribution in [0.3, 0.4) is 0 Å². The Morgan fingerprint density at radius 3 is 2.37 bits per heavy atom. The van der Waals surface area contributed by atoms with Crippen molar-refractivity contribution in [3.63, 3.8) is 0 Å². The predicted octanol–water partition coefficient (Wildman–Crippen LogP) is 4.46. The molecule has 1 aromatic heterocycles. The van der Waals surface area contributed by atoms with Gasteiger partial charge in [0.05, 0.1) is 24.1 Å². The minimum atomic E-state index is -4.48. The molecule has 1 aliphatic heterocycles. The number of aliphatic hydroxyl groups is 1. The Balaban J connectivity index is 1.65. The van der Waals surface area contributed by atoms with Crippen LogP contribution in [0.1, 0.15) is 55.8 Å². The highest BCUT2D eigenvalue weighted by molar-refractivity contribution is 5.95. The van der Waals surface area contributed by atoms with Gasteiger partial charge in [-0.3, -0.25) is 9.59 Å². The van der Waals surface area contributed by atoms with Gasteiger partial charge in [-0.05, 0) is 25.3 Å². The summed E-state index contributed by atoms with van der Waals surface area (Å²) in [7, 11) is 0. The molecule has 1 saturated heterocycles. The number of benzene rings is 1. The van der Waals surface area contributed by atoms with E-state index in [-0.39, 0.29) is 42.7 Å². The number of hydrogen-bond acceptors (Lipinski definition) is 4. The number of likely N-dealkylation sites (tertiary alicyclic amines) is 1. The Bertz CT molecular complexity index is 1280. The van der Waals surface area contributed by atoms with Gasteiger partial charge in [-0.25, -0.2) is 9.18 Å². The molecule has 206 valence electrons. The van der Waals surface area contributed by atoms with Crippen LogP contribution in [-0.4, -0.2) is 56.4 Å². The average Bonchev–Trinajstić information content (AvgIpc) is 3.31. The molecule has 1 spiro atoms. The monoisotopic (exact) mass is 538 g/mol. The molecule has 7 nitrogen and oxygen atoms in total. The third-order valence-corrected chi connectivity index (χ3v) is 8.06. The topological polar surface area (TPSA) is 99.8 Å². The Hall–Kier alpha value is -3.21. The van der Waals surface area contributed by atoms with E-state index in [1.165, 1.54) is 30.0 Å². The lowest BCUT2D eigenvalue weighted by atomic mass is 9.65. The predicted molar refractivity (Wildman–Crippen MR) is 130 cm³/mol. The normalized spacial score (nSPS) is 22.0. The second-order valence-corrected chi connectivity index (χ2v) is 10.6. The third-order valence-electron chi connectivity index (χ3n) is 8.06. The van der Waals surface area contributed by atoms with Crippen LogP contribution < -0.4 is 5.56 Å². The van der Waals surface area contributed by atoms with Crippen molar-refractivity contribution in [3.8, 4) is 11.1 Å². The second-order valence-electron chi connectivity index (χ2n) is 10.6. The molecule has 2 heterocycles. The van der Waals surface area contributed by atoms with Crippen LogP contribution in [0.2, 0.25) is 0 Å². The zero-order chi connectivity index (χ0) is 27.9. The fraction of sp³-hybridized carbons (Fsp3) is 0.519. The first-order chi connectivity index (χ1) is 17.8. The average molecular weight is 539 g/mol. The Morgan fingerprint density at radius 2 is 1.76 bits per heavy atom. The Kier molecular flexibility index (Phi) is 7.44. The highest BCUT2D eigenvalue weighted by atomic mass is 19.4. The molecular weight excluding hydrogens is 508 g/mol. The molecular formula is C27H30F4N2O5. The first-order valence-corrected chi connectivity index (χ1v) is 12.6. The van der Waals surface area contributed by atoms with Gasteiger partial charge >= 0.3 is 12.1 Å². The molecule has 1 saturated carbocycles. The van der Waals surface area contributed by atoms with Crippen molar-refractivity contribution in [1.82, 2.24) is 9.47 Å². The molecule has 0 unspecified atom stereocenters. The number of carboxylic acid groups (broad SMARTS) is 1. The number of amides is 1. The number of piperidine rings is 1. The zero-order valence-electron chi connectivity index (χ0n) is 20.9. The number of aromatic nitrogens is 1. The van der Waals surface area contributed by atoms with E-state index in [0.717, 1.165) is 35.7 Å². The highest BCUT2D eigenvalue weighted by Gasteiger charge is 2.56. The summed E-state index contributed by atoms with van der Waals surface area (Å²) in [6.07, 6.45) is -2.11. The minimum absolute atomic E-state index is 0.00707. The van der Waals surface area contributed by atoms with Crippen LogP contribution in [0.15, 0.2) is 41.3 Å². The molecule has 38 heavy (non-hydrogen) atoms. The van der Waals surface area contributed by atoms with Crippen LogP contribution in [-0.2, 0) is 11.3 Å². The first kappa shape index (κ1) is 27.8. The summed E-state index contributed by atoms with van der Waals surface area (Å²) in [5.41, 5.74) is -3.43. The molecule has 2 fully saturated rings. The molecule has 2 aliphatic rings. The number of hydrogen-bond donors (Lipinski definition) is 2. The molecule has 2 atom stereocenters. The maximum Gasteiger partial charge on any atom is 0.389 e. The lowest BCUT2D eigenvalue weighted by molar-refractivity contribution is -0.172. The van der Waals surface area contributed by atoms with E-state index in [9.17, 15) is 42.2 Å². The quantitative estimate of drug-likeness (QED) is 0.529. The van der Waals surface area contributed by atoms with Gasteiger partial charge in [-0.15, -0.1) is 0 Å². The fourth-order valence-corrected chi connectivity index (χ4v) is 6.08. The van der Waals surface area contributed by atoms with Gasteiger partial charge in [0.2, 0.25) is 5.91 Å². The van der Waals surface area contributed by atoms with Gasteiger partial charge in [0, 0.05) is 47.8 Å². The van der Waals surface area contributed by atoms with Gasteiger partial charge in [-0.2, -0.15) is 13.2 Å². The summed E-state index contributed by atoms with van der Waals surface area (Å²) in [5.74, 6) is -3.95. The number of carbonyl (C=O) groups excluding carboxylic acids is 1. The molecule has 0 radical (unpaired) electrons. The highest BCUT2D eigenvalue weighted by Crippen LogP contribution is 2.52. The van der Waals surface area contributed by atoms with Crippen molar-refractivity contribution in [3.05, 3.63) is 58.3 Å². The van der Waals surface area contributed by atoms with E-state index in [1.807, 2.05) is 0 Å². The number of carbonyl (C=O) groups is 2. The number of halogens is 4. The van der Waals surface area contributed by atoms with Gasteiger partial charge in [0.15, 0.2) is 0 Å². The maximum absolute atomic E-state index is 14.4. The standard InChI is InChI=1S/C27H30F4N2O5/c1-17(13-27(29,30)31)23(35)32-11-10-26(38,25(15-32)8-4-5-9-25)16-33-14-20(24(36)37)19(12-22(33)34)18-6-2-3-7-21(18)28/h2-3,6-7,12,14,17,38H,4-5,8-11,13,15-16H2,1H3,(H,36,37)/t17-,26-/m1/s1. The molecule has 2 N–H and O–H groups in total. The number of alkyl halides is 3. The summed E-state index contributed by atoms with van der Waals surface area (Å²) in [4.78, 5) is 39.4.